The summed E-state index contributed by atoms with van der Waals surface area (Å²) in [4.78, 5) is 8.30. The number of hydrogen-bond acceptors (Lipinski definition) is 3. The van der Waals surface area contributed by atoms with E-state index in [9.17, 15) is 0 Å². The van der Waals surface area contributed by atoms with Crippen molar-refractivity contribution in [2.24, 2.45) is 4.99 Å². The Balaban J connectivity index is 1.54. The van der Waals surface area contributed by atoms with Gasteiger partial charge in [-0.1, -0.05) is 37.1 Å². The van der Waals surface area contributed by atoms with Crippen LogP contribution in [-0.2, 0) is 13.1 Å². The predicted octanol–water partition coefficient (Wildman–Crippen LogP) is 1.93. The van der Waals surface area contributed by atoms with Gasteiger partial charge in [-0.3, -0.25) is 4.99 Å². The van der Waals surface area contributed by atoms with Gasteiger partial charge < -0.3 is 10.6 Å². The summed E-state index contributed by atoms with van der Waals surface area (Å²) in [7, 11) is 1.82. The third-order valence-corrected chi connectivity index (χ3v) is 4.18. The van der Waals surface area contributed by atoms with Crippen LogP contribution in [-0.4, -0.2) is 33.8 Å². The molecule has 0 atom stereocenters. The molecular formula is C17H24N6. The van der Waals surface area contributed by atoms with Crippen LogP contribution >= 0.6 is 0 Å². The lowest BCUT2D eigenvalue weighted by atomic mass is 10.1. The summed E-state index contributed by atoms with van der Waals surface area (Å²) in [6, 6.07) is 9.07. The second-order valence-corrected chi connectivity index (χ2v) is 5.96. The fourth-order valence-electron chi connectivity index (χ4n) is 2.98. The topological polar surface area (TPSA) is 67.1 Å². The molecule has 1 aliphatic rings. The first-order valence-corrected chi connectivity index (χ1v) is 8.21. The van der Waals surface area contributed by atoms with E-state index in [1.165, 1.54) is 36.8 Å². The highest BCUT2D eigenvalue weighted by atomic mass is 15.3. The second-order valence-electron chi connectivity index (χ2n) is 5.96. The van der Waals surface area contributed by atoms with Gasteiger partial charge in [-0.2, -0.15) is 5.10 Å². The molecule has 6 heteroatoms. The third kappa shape index (κ3) is 4.55. The number of aromatic nitrogens is 3. The molecule has 122 valence electrons. The Kier molecular flexibility index (Phi) is 5.24. The zero-order valence-corrected chi connectivity index (χ0v) is 13.6. The van der Waals surface area contributed by atoms with Crippen molar-refractivity contribution >= 4 is 5.96 Å². The molecule has 0 amide bonds. The van der Waals surface area contributed by atoms with Gasteiger partial charge in [0.15, 0.2) is 5.96 Å². The Morgan fingerprint density at radius 3 is 2.87 bits per heavy atom. The molecule has 1 aliphatic carbocycles. The molecule has 23 heavy (non-hydrogen) atoms. The summed E-state index contributed by atoms with van der Waals surface area (Å²) in [6.45, 7) is 1.50. The lowest BCUT2D eigenvalue weighted by Crippen LogP contribution is -2.41. The van der Waals surface area contributed by atoms with E-state index < -0.39 is 0 Å². The van der Waals surface area contributed by atoms with E-state index in [4.69, 9.17) is 0 Å². The molecule has 1 fully saturated rings. The molecule has 6 nitrogen and oxygen atoms in total. The minimum atomic E-state index is 0.569. The highest BCUT2D eigenvalue weighted by molar-refractivity contribution is 5.79. The van der Waals surface area contributed by atoms with Crippen molar-refractivity contribution in [2.75, 3.05) is 7.05 Å². The van der Waals surface area contributed by atoms with Crippen LogP contribution in [0, 0.1) is 0 Å². The van der Waals surface area contributed by atoms with Crippen molar-refractivity contribution in [3.63, 3.8) is 0 Å². The lowest BCUT2D eigenvalue weighted by molar-refractivity contribution is 0.613. The average Bonchev–Trinajstić information content (AvgIpc) is 3.25. The molecule has 0 radical (unpaired) electrons. The number of hydrogen-bond donors (Lipinski definition) is 2. The molecule has 2 N–H and O–H groups in total. The summed E-state index contributed by atoms with van der Waals surface area (Å²) in [5.74, 6) is 0.888. The number of benzene rings is 1. The van der Waals surface area contributed by atoms with Crippen molar-refractivity contribution < 1.29 is 0 Å². The fraction of sp³-hybridized carbons (Fsp3) is 0.471. The number of aliphatic imine (C=N–C) groups is 1. The predicted molar refractivity (Wildman–Crippen MR) is 91.2 cm³/mol. The molecule has 0 bridgehead atoms. The first-order chi connectivity index (χ1) is 11.3. The molecule has 0 spiro atoms. The van der Waals surface area contributed by atoms with Crippen molar-refractivity contribution in [3.05, 3.63) is 48.0 Å². The minimum absolute atomic E-state index is 0.569. The van der Waals surface area contributed by atoms with Gasteiger partial charge in [0, 0.05) is 19.6 Å². The normalized spacial score (nSPS) is 15.8. The lowest BCUT2D eigenvalue weighted by Gasteiger charge is -2.17. The Morgan fingerprint density at radius 1 is 1.30 bits per heavy atom. The maximum Gasteiger partial charge on any atom is 0.191 e. The van der Waals surface area contributed by atoms with Crippen LogP contribution in [0.1, 0.15) is 36.8 Å². The van der Waals surface area contributed by atoms with Crippen molar-refractivity contribution in [1.82, 2.24) is 25.4 Å². The van der Waals surface area contributed by atoms with Gasteiger partial charge >= 0.3 is 0 Å². The molecule has 2 aromatic rings. The van der Waals surface area contributed by atoms with Crippen LogP contribution in [0.3, 0.4) is 0 Å². The van der Waals surface area contributed by atoms with E-state index in [1.54, 1.807) is 12.7 Å². The number of guanidine groups is 1. The minimum Gasteiger partial charge on any atom is -0.354 e. The maximum atomic E-state index is 4.32. The monoisotopic (exact) mass is 312 g/mol. The zero-order valence-electron chi connectivity index (χ0n) is 13.6. The Bertz CT molecular complexity index is 628. The molecule has 0 unspecified atom stereocenters. The van der Waals surface area contributed by atoms with E-state index >= 15 is 0 Å². The first-order valence-electron chi connectivity index (χ1n) is 8.21. The maximum absolute atomic E-state index is 4.32. The molecule has 1 aromatic heterocycles. The average molecular weight is 312 g/mol. The second kappa shape index (κ2) is 7.76. The van der Waals surface area contributed by atoms with Crippen LogP contribution in [0.4, 0.5) is 0 Å². The Morgan fingerprint density at radius 2 is 2.13 bits per heavy atom. The third-order valence-electron chi connectivity index (χ3n) is 4.18. The van der Waals surface area contributed by atoms with Crippen molar-refractivity contribution in [2.45, 2.75) is 44.8 Å². The fourth-order valence-corrected chi connectivity index (χ4v) is 2.98. The molecule has 0 saturated heterocycles. The van der Waals surface area contributed by atoms with Gasteiger partial charge in [0.05, 0.1) is 6.54 Å². The summed E-state index contributed by atoms with van der Waals surface area (Å²) in [5.41, 5.74) is 2.45. The van der Waals surface area contributed by atoms with Crippen molar-refractivity contribution in [3.8, 4) is 0 Å². The summed E-state index contributed by atoms with van der Waals surface area (Å²) in [6.07, 6.45) is 8.42. The zero-order chi connectivity index (χ0) is 15.9. The van der Waals surface area contributed by atoms with Crippen LogP contribution in [0.5, 0.6) is 0 Å². The SMILES string of the molecule is CN=C(NCc1cccc(Cn2cncn2)c1)NC1CCCC1. The van der Waals surface area contributed by atoms with Crippen molar-refractivity contribution in [1.29, 1.82) is 0 Å². The largest absolute Gasteiger partial charge is 0.354 e. The first kappa shape index (κ1) is 15.5. The highest BCUT2D eigenvalue weighted by Gasteiger charge is 2.15. The molecule has 1 aromatic carbocycles. The molecule has 1 saturated carbocycles. The van der Waals surface area contributed by atoms with Gasteiger partial charge in [0.2, 0.25) is 0 Å². The van der Waals surface area contributed by atoms with Gasteiger partial charge in [-0.05, 0) is 24.0 Å². The summed E-state index contributed by atoms with van der Waals surface area (Å²) >= 11 is 0. The van der Waals surface area contributed by atoms with E-state index in [1.807, 2.05) is 11.7 Å². The molecule has 1 heterocycles. The smallest absolute Gasteiger partial charge is 0.191 e. The summed E-state index contributed by atoms with van der Waals surface area (Å²) in [5, 5.41) is 11.1. The van der Waals surface area contributed by atoms with Crippen LogP contribution in [0.2, 0.25) is 0 Å². The number of nitrogens with zero attached hydrogens (tertiary/aromatic N) is 4. The van der Waals surface area contributed by atoms with Gasteiger partial charge in [-0.25, -0.2) is 9.67 Å². The number of nitrogens with one attached hydrogen (secondary N) is 2. The standard InChI is InChI=1S/C17H24N6/c1-18-17(22-16-7-2-3-8-16)20-10-14-5-4-6-15(9-14)11-23-13-19-12-21-23/h4-6,9,12-13,16H,2-3,7-8,10-11H2,1H3,(H2,18,20,22). The van der Waals surface area contributed by atoms with Crippen LogP contribution < -0.4 is 10.6 Å². The van der Waals surface area contributed by atoms with Crippen LogP contribution in [0.25, 0.3) is 0 Å². The molecule has 3 rings (SSSR count). The quantitative estimate of drug-likeness (QED) is 0.654. The van der Waals surface area contributed by atoms with E-state index in [0.29, 0.717) is 6.04 Å². The van der Waals surface area contributed by atoms with Gasteiger partial charge in [0.25, 0.3) is 0 Å². The summed E-state index contributed by atoms with van der Waals surface area (Å²) < 4.78 is 1.83. The number of rotatable bonds is 5. The highest BCUT2D eigenvalue weighted by Crippen LogP contribution is 2.17. The van der Waals surface area contributed by atoms with Gasteiger partial charge in [-0.15, -0.1) is 0 Å². The Hall–Kier alpha value is -2.37. The van der Waals surface area contributed by atoms with Crippen LogP contribution in [0.15, 0.2) is 41.9 Å². The van der Waals surface area contributed by atoms with E-state index in [2.05, 4.69) is 50.0 Å². The van der Waals surface area contributed by atoms with E-state index in [0.717, 1.165) is 19.0 Å². The van der Waals surface area contributed by atoms with Gasteiger partial charge in [0.1, 0.15) is 12.7 Å². The molecular weight excluding hydrogens is 288 g/mol. The van der Waals surface area contributed by atoms with E-state index in [-0.39, 0.29) is 0 Å². The Labute approximate surface area is 137 Å². The molecule has 0 aliphatic heterocycles.